The second-order valence-electron chi connectivity index (χ2n) is 5.07. The molecule has 0 radical (unpaired) electrons. The molecule has 2 aliphatic rings. The Kier molecular flexibility index (Phi) is 3.82. The Morgan fingerprint density at radius 2 is 1.64 bits per heavy atom. The molecule has 1 saturated heterocycles. The second-order valence-corrected chi connectivity index (χ2v) is 5.07. The summed E-state index contributed by atoms with van der Waals surface area (Å²) in [4.78, 5) is 2.66. The van der Waals surface area contributed by atoms with Crippen LogP contribution >= 0.6 is 0 Å². The van der Waals surface area contributed by atoms with Crippen LogP contribution in [0.3, 0.4) is 0 Å². The van der Waals surface area contributed by atoms with E-state index in [0.717, 1.165) is 5.92 Å². The summed E-state index contributed by atoms with van der Waals surface area (Å²) in [6.07, 6.45) is 9.68. The number of hydrogen-bond donors (Lipinski definition) is 1. The molecule has 2 atom stereocenters. The third-order valence-corrected chi connectivity index (χ3v) is 3.91. The number of nitrogens with two attached hydrogens (primary N) is 1. The first-order valence-electron chi connectivity index (χ1n) is 6.34. The normalized spacial score (nSPS) is 35.8. The highest BCUT2D eigenvalue weighted by Gasteiger charge is 2.25. The number of rotatable bonds is 2. The van der Waals surface area contributed by atoms with Crippen LogP contribution < -0.4 is 5.73 Å². The molecule has 82 valence electrons. The molecular formula is C12H24N2. The zero-order valence-electron chi connectivity index (χ0n) is 9.25. The van der Waals surface area contributed by atoms with E-state index in [9.17, 15) is 0 Å². The Balaban J connectivity index is 1.77. The maximum Gasteiger partial charge on any atom is 0.00793 e. The lowest BCUT2D eigenvalue weighted by Crippen LogP contribution is -2.36. The van der Waals surface area contributed by atoms with Crippen LogP contribution in [0.25, 0.3) is 0 Å². The minimum atomic E-state index is 0.498. The first-order chi connectivity index (χ1) is 6.86. The average molecular weight is 196 g/mol. The predicted molar refractivity (Wildman–Crippen MR) is 60.2 cm³/mol. The molecule has 2 fully saturated rings. The van der Waals surface area contributed by atoms with E-state index in [0.29, 0.717) is 6.04 Å². The van der Waals surface area contributed by atoms with E-state index >= 15 is 0 Å². The first-order valence-corrected chi connectivity index (χ1v) is 6.34. The van der Waals surface area contributed by atoms with Gasteiger partial charge in [-0.15, -0.1) is 0 Å². The van der Waals surface area contributed by atoms with Gasteiger partial charge in [-0.1, -0.05) is 19.3 Å². The van der Waals surface area contributed by atoms with Crippen LogP contribution in [0, 0.1) is 5.92 Å². The van der Waals surface area contributed by atoms with Crippen molar-refractivity contribution in [3.63, 3.8) is 0 Å². The van der Waals surface area contributed by atoms with E-state index < -0.39 is 0 Å². The highest BCUT2D eigenvalue weighted by molar-refractivity contribution is 4.82. The lowest BCUT2D eigenvalue weighted by molar-refractivity contribution is 0.231. The molecule has 1 heterocycles. The molecule has 1 aliphatic heterocycles. The molecule has 14 heavy (non-hydrogen) atoms. The Labute approximate surface area is 87.8 Å². The van der Waals surface area contributed by atoms with Gasteiger partial charge in [0.15, 0.2) is 0 Å². The molecule has 0 aromatic rings. The Bertz CT molecular complexity index is 162. The van der Waals surface area contributed by atoms with Gasteiger partial charge in [-0.25, -0.2) is 0 Å². The van der Waals surface area contributed by atoms with Crippen LogP contribution in [0.15, 0.2) is 0 Å². The number of hydrogen-bond acceptors (Lipinski definition) is 2. The molecule has 0 bridgehead atoms. The highest BCUT2D eigenvalue weighted by Crippen LogP contribution is 2.25. The van der Waals surface area contributed by atoms with E-state index in [-0.39, 0.29) is 0 Å². The summed E-state index contributed by atoms with van der Waals surface area (Å²) in [6, 6.07) is 0.498. The zero-order chi connectivity index (χ0) is 9.80. The maximum absolute atomic E-state index is 6.11. The standard InChI is InChI=1S/C12H24N2/c13-12-7-5-6-11(12)10-14-8-3-1-2-4-9-14/h11-12H,1-10,13H2. The van der Waals surface area contributed by atoms with E-state index in [1.807, 2.05) is 0 Å². The van der Waals surface area contributed by atoms with Crippen molar-refractivity contribution in [3.05, 3.63) is 0 Å². The van der Waals surface area contributed by atoms with Crippen LogP contribution in [0.2, 0.25) is 0 Å². The topological polar surface area (TPSA) is 29.3 Å². The largest absolute Gasteiger partial charge is 0.327 e. The van der Waals surface area contributed by atoms with Gasteiger partial charge in [0.1, 0.15) is 0 Å². The minimum Gasteiger partial charge on any atom is -0.327 e. The quantitative estimate of drug-likeness (QED) is 0.732. The summed E-state index contributed by atoms with van der Waals surface area (Å²) in [6.45, 7) is 3.92. The number of likely N-dealkylation sites (tertiary alicyclic amines) is 1. The van der Waals surface area contributed by atoms with Gasteiger partial charge < -0.3 is 10.6 Å². The van der Waals surface area contributed by atoms with Crippen molar-refractivity contribution in [3.8, 4) is 0 Å². The highest BCUT2D eigenvalue weighted by atomic mass is 15.1. The molecule has 2 nitrogen and oxygen atoms in total. The third-order valence-electron chi connectivity index (χ3n) is 3.91. The van der Waals surface area contributed by atoms with Gasteiger partial charge in [0, 0.05) is 12.6 Å². The summed E-state index contributed by atoms with van der Waals surface area (Å²) in [7, 11) is 0. The molecule has 0 aromatic heterocycles. The van der Waals surface area contributed by atoms with Gasteiger partial charge in [-0.2, -0.15) is 0 Å². The van der Waals surface area contributed by atoms with Crippen LogP contribution in [-0.4, -0.2) is 30.6 Å². The molecule has 2 N–H and O–H groups in total. The first kappa shape index (κ1) is 10.4. The van der Waals surface area contributed by atoms with Crippen molar-refractivity contribution < 1.29 is 0 Å². The molecule has 0 amide bonds. The van der Waals surface area contributed by atoms with Crippen molar-refractivity contribution in [1.29, 1.82) is 0 Å². The van der Waals surface area contributed by atoms with Gasteiger partial charge in [-0.3, -0.25) is 0 Å². The molecule has 2 unspecified atom stereocenters. The Hall–Kier alpha value is -0.0800. The summed E-state index contributed by atoms with van der Waals surface area (Å²) in [5.74, 6) is 0.799. The smallest absolute Gasteiger partial charge is 0.00793 e. The third kappa shape index (κ3) is 2.71. The summed E-state index contributed by atoms with van der Waals surface area (Å²) >= 11 is 0. The molecule has 1 saturated carbocycles. The van der Waals surface area contributed by atoms with Gasteiger partial charge in [0.25, 0.3) is 0 Å². The Morgan fingerprint density at radius 3 is 2.21 bits per heavy atom. The average Bonchev–Trinajstić information content (AvgIpc) is 2.44. The zero-order valence-corrected chi connectivity index (χ0v) is 9.25. The fraction of sp³-hybridized carbons (Fsp3) is 1.00. The van der Waals surface area contributed by atoms with Crippen LogP contribution in [0.4, 0.5) is 0 Å². The lowest BCUT2D eigenvalue weighted by atomic mass is 10.0. The van der Waals surface area contributed by atoms with Crippen molar-refractivity contribution in [2.24, 2.45) is 11.7 Å². The van der Waals surface area contributed by atoms with Crippen LogP contribution in [0.1, 0.15) is 44.9 Å². The van der Waals surface area contributed by atoms with Gasteiger partial charge in [0.05, 0.1) is 0 Å². The molecule has 2 rings (SSSR count). The van der Waals surface area contributed by atoms with E-state index in [4.69, 9.17) is 5.73 Å². The fourth-order valence-electron chi connectivity index (χ4n) is 2.94. The maximum atomic E-state index is 6.11. The van der Waals surface area contributed by atoms with Gasteiger partial charge in [-0.05, 0) is 44.7 Å². The molecule has 0 aromatic carbocycles. The SMILES string of the molecule is NC1CCCC1CN1CCCCCC1. The predicted octanol–water partition coefficient (Wildman–Crippen LogP) is 1.99. The van der Waals surface area contributed by atoms with E-state index in [1.165, 1.54) is 64.6 Å². The molecule has 0 spiro atoms. The van der Waals surface area contributed by atoms with Crippen molar-refractivity contribution in [1.82, 2.24) is 4.90 Å². The van der Waals surface area contributed by atoms with E-state index in [1.54, 1.807) is 0 Å². The van der Waals surface area contributed by atoms with E-state index in [2.05, 4.69) is 4.90 Å². The molecule has 2 heteroatoms. The Morgan fingerprint density at radius 1 is 0.929 bits per heavy atom. The van der Waals surface area contributed by atoms with Crippen LogP contribution in [-0.2, 0) is 0 Å². The van der Waals surface area contributed by atoms with Crippen molar-refractivity contribution in [2.45, 2.75) is 51.0 Å². The lowest BCUT2D eigenvalue weighted by Gasteiger charge is -2.25. The fourth-order valence-corrected chi connectivity index (χ4v) is 2.94. The molecular weight excluding hydrogens is 172 g/mol. The van der Waals surface area contributed by atoms with Crippen LogP contribution in [0.5, 0.6) is 0 Å². The summed E-state index contributed by atoms with van der Waals surface area (Å²) in [5, 5.41) is 0. The monoisotopic (exact) mass is 196 g/mol. The number of nitrogens with zero attached hydrogens (tertiary/aromatic N) is 1. The molecule has 1 aliphatic carbocycles. The van der Waals surface area contributed by atoms with Crippen molar-refractivity contribution in [2.75, 3.05) is 19.6 Å². The van der Waals surface area contributed by atoms with Crippen molar-refractivity contribution >= 4 is 0 Å². The second kappa shape index (κ2) is 5.13. The summed E-state index contributed by atoms with van der Waals surface area (Å²) in [5.41, 5.74) is 6.11. The summed E-state index contributed by atoms with van der Waals surface area (Å²) < 4.78 is 0. The van der Waals surface area contributed by atoms with Gasteiger partial charge in [0.2, 0.25) is 0 Å². The van der Waals surface area contributed by atoms with Gasteiger partial charge >= 0.3 is 0 Å². The minimum absolute atomic E-state index is 0.498.